The summed E-state index contributed by atoms with van der Waals surface area (Å²) in [7, 11) is 1.58. The van der Waals surface area contributed by atoms with Gasteiger partial charge in [-0.05, 0) is 61.4 Å². The minimum Gasteiger partial charge on any atom is -0.497 e. The topological polar surface area (TPSA) is 83.0 Å². The van der Waals surface area contributed by atoms with Gasteiger partial charge in [0.2, 0.25) is 0 Å². The second kappa shape index (κ2) is 12.0. The molecule has 0 saturated carbocycles. The number of carbonyl (C=O) groups is 1. The maximum absolute atomic E-state index is 14.1. The van der Waals surface area contributed by atoms with Crippen LogP contribution in [0, 0.1) is 6.92 Å². The zero-order chi connectivity index (χ0) is 30.1. The highest BCUT2D eigenvalue weighted by atomic mass is 79.9. The number of rotatable bonds is 7. The molecule has 0 spiro atoms. The van der Waals surface area contributed by atoms with Crippen LogP contribution in [0.15, 0.2) is 109 Å². The first kappa shape index (κ1) is 28.6. The number of halogens is 1. The van der Waals surface area contributed by atoms with Crippen molar-refractivity contribution in [3.63, 3.8) is 0 Å². The van der Waals surface area contributed by atoms with E-state index < -0.39 is 12.0 Å². The predicted octanol–water partition coefficient (Wildman–Crippen LogP) is 6.28. The van der Waals surface area contributed by atoms with Crippen molar-refractivity contribution in [3.8, 4) is 17.1 Å². The fourth-order valence-electron chi connectivity index (χ4n) is 5.09. The number of methoxy groups -OCH3 is 1. The van der Waals surface area contributed by atoms with Crippen LogP contribution in [0.4, 0.5) is 0 Å². The summed E-state index contributed by atoms with van der Waals surface area (Å²) in [4.78, 5) is 33.1. The Labute approximate surface area is 260 Å². The Morgan fingerprint density at radius 3 is 2.63 bits per heavy atom. The largest absolute Gasteiger partial charge is 0.497 e. The number of hydrogen-bond donors (Lipinski definition) is 0. The summed E-state index contributed by atoms with van der Waals surface area (Å²) in [5.74, 6) is 1.27. The van der Waals surface area contributed by atoms with Crippen molar-refractivity contribution < 1.29 is 18.7 Å². The van der Waals surface area contributed by atoms with Crippen LogP contribution < -0.4 is 19.6 Å². The molecule has 6 rings (SSSR count). The molecular formula is C34H27BrN2O5S. The molecule has 3 heterocycles. The molecular weight excluding hydrogens is 628 g/mol. The minimum absolute atomic E-state index is 0.178. The van der Waals surface area contributed by atoms with E-state index in [-0.39, 0.29) is 17.7 Å². The van der Waals surface area contributed by atoms with Gasteiger partial charge in [-0.25, -0.2) is 9.79 Å². The van der Waals surface area contributed by atoms with Gasteiger partial charge in [0, 0.05) is 21.7 Å². The summed E-state index contributed by atoms with van der Waals surface area (Å²) >= 11 is 4.86. The van der Waals surface area contributed by atoms with Gasteiger partial charge in [0.15, 0.2) is 4.80 Å². The fourth-order valence-corrected chi connectivity index (χ4v) is 6.76. The number of carbonyl (C=O) groups excluding carboxylic acids is 1. The molecule has 1 unspecified atom stereocenters. The Balaban J connectivity index is 1.57. The first-order valence-corrected chi connectivity index (χ1v) is 15.3. The number of aromatic nitrogens is 1. The van der Waals surface area contributed by atoms with E-state index in [1.54, 1.807) is 24.7 Å². The van der Waals surface area contributed by atoms with Crippen LogP contribution in [0.5, 0.6) is 5.75 Å². The van der Waals surface area contributed by atoms with E-state index in [1.807, 2.05) is 91.9 Å². The maximum Gasteiger partial charge on any atom is 0.338 e. The number of furan rings is 1. The molecule has 0 fully saturated rings. The van der Waals surface area contributed by atoms with Crippen LogP contribution in [-0.2, 0) is 9.53 Å². The zero-order valence-electron chi connectivity index (χ0n) is 23.7. The van der Waals surface area contributed by atoms with Crippen molar-refractivity contribution in [2.75, 3.05) is 13.7 Å². The highest BCUT2D eigenvalue weighted by Gasteiger charge is 2.35. The molecule has 0 amide bonds. The molecule has 3 aromatic carbocycles. The van der Waals surface area contributed by atoms with Gasteiger partial charge in [-0.3, -0.25) is 9.36 Å². The van der Waals surface area contributed by atoms with Gasteiger partial charge >= 0.3 is 5.97 Å². The lowest BCUT2D eigenvalue weighted by Gasteiger charge is -2.26. The molecule has 0 saturated heterocycles. The van der Waals surface area contributed by atoms with Crippen LogP contribution in [0.1, 0.15) is 35.4 Å². The number of thiazole rings is 1. The lowest BCUT2D eigenvalue weighted by atomic mass is 9.93. The molecule has 5 aromatic rings. The van der Waals surface area contributed by atoms with Gasteiger partial charge in [0.25, 0.3) is 5.56 Å². The Bertz CT molecular complexity index is 2060. The van der Waals surface area contributed by atoms with E-state index in [1.165, 1.54) is 11.3 Å². The molecule has 1 atom stereocenters. The third-order valence-electron chi connectivity index (χ3n) is 7.07. The Morgan fingerprint density at radius 1 is 1.07 bits per heavy atom. The van der Waals surface area contributed by atoms with E-state index in [4.69, 9.17) is 18.9 Å². The number of fused-ring (bicyclic) bond motifs is 1. The van der Waals surface area contributed by atoms with Crippen molar-refractivity contribution in [2.45, 2.75) is 19.9 Å². The Morgan fingerprint density at radius 2 is 1.88 bits per heavy atom. The molecule has 0 aliphatic carbocycles. The van der Waals surface area contributed by atoms with Gasteiger partial charge in [-0.1, -0.05) is 75.8 Å². The van der Waals surface area contributed by atoms with Gasteiger partial charge in [0.1, 0.15) is 17.3 Å². The standard InChI is InChI=1S/C34H27BrN2O5S/c1-4-41-33(39)29-30(21-9-6-5-7-10-21)36-34-37(31(29)22-11-8-12-23(18-22)40-3)32(38)28(43-34)19-24-14-16-27(42-24)25-15-13-20(2)17-26(25)35/h5-19,31H,4H2,1-3H3/b28-19-. The van der Waals surface area contributed by atoms with Crippen molar-refractivity contribution in [2.24, 2.45) is 4.99 Å². The average molecular weight is 656 g/mol. The van der Waals surface area contributed by atoms with Crippen molar-refractivity contribution in [3.05, 3.63) is 137 Å². The average Bonchev–Trinajstić information content (AvgIpc) is 3.60. The zero-order valence-corrected chi connectivity index (χ0v) is 26.1. The van der Waals surface area contributed by atoms with Gasteiger partial charge in [-0.15, -0.1) is 0 Å². The minimum atomic E-state index is -0.793. The fraction of sp³-hybridized carbons (Fsp3) is 0.147. The third kappa shape index (κ3) is 5.53. The second-order valence-electron chi connectivity index (χ2n) is 9.89. The van der Waals surface area contributed by atoms with Crippen molar-refractivity contribution in [1.82, 2.24) is 4.57 Å². The van der Waals surface area contributed by atoms with E-state index in [2.05, 4.69) is 15.9 Å². The predicted molar refractivity (Wildman–Crippen MR) is 171 cm³/mol. The van der Waals surface area contributed by atoms with Crippen molar-refractivity contribution in [1.29, 1.82) is 0 Å². The van der Waals surface area contributed by atoms with Crippen molar-refractivity contribution >= 4 is 45.0 Å². The smallest absolute Gasteiger partial charge is 0.338 e. The normalized spacial score (nSPS) is 14.8. The van der Waals surface area contributed by atoms with Crippen LogP contribution in [0.2, 0.25) is 0 Å². The summed E-state index contributed by atoms with van der Waals surface area (Å²) in [6, 6.07) is 25.8. The first-order chi connectivity index (χ1) is 20.9. The van der Waals surface area contributed by atoms with E-state index in [9.17, 15) is 9.59 Å². The molecule has 0 radical (unpaired) electrons. The molecule has 9 heteroatoms. The van der Waals surface area contributed by atoms with E-state index in [0.717, 1.165) is 21.2 Å². The molecule has 43 heavy (non-hydrogen) atoms. The van der Waals surface area contributed by atoms with Gasteiger partial charge in [-0.2, -0.15) is 0 Å². The van der Waals surface area contributed by atoms with Crippen LogP contribution in [0.3, 0.4) is 0 Å². The monoisotopic (exact) mass is 654 g/mol. The third-order valence-corrected chi connectivity index (χ3v) is 8.71. The second-order valence-corrected chi connectivity index (χ2v) is 11.8. The number of aryl methyl sites for hydroxylation is 1. The van der Waals surface area contributed by atoms with Gasteiger partial charge in [0.05, 0.1) is 35.6 Å². The summed E-state index contributed by atoms with van der Waals surface area (Å²) in [6.07, 6.45) is 1.72. The SMILES string of the molecule is CCOC(=O)C1=C(c2ccccc2)N=c2s/c(=C\c3ccc(-c4ccc(C)cc4Br)o3)c(=O)n2C1c1cccc(OC)c1. The molecule has 216 valence electrons. The quantitative estimate of drug-likeness (QED) is 0.193. The Hall–Kier alpha value is -4.47. The molecule has 1 aliphatic rings. The lowest BCUT2D eigenvalue weighted by Crippen LogP contribution is -2.40. The lowest BCUT2D eigenvalue weighted by molar-refractivity contribution is -0.138. The molecule has 1 aliphatic heterocycles. The highest BCUT2D eigenvalue weighted by molar-refractivity contribution is 9.10. The summed E-state index contributed by atoms with van der Waals surface area (Å²) in [6.45, 7) is 3.96. The number of hydrogen-bond acceptors (Lipinski definition) is 7. The van der Waals surface area contributed by atoms with Crippen LogP contribution in [0.25, 0.3) is 23.1 Å². The summed E-state index contributed by atoms with van der Waals surface area (Å²) < 4.78 is 20.1. The molecule has 2 aromatic heterocycles. The van der Waals surface area contributed by atoms with Gasteiger partial charge < -0.3 is 13.9 Å². The van der Waals surface area contributed by atoms with Crippen LogP contribution in [-0.4, -0.2) is 24.3 Å². The van der Waals surface area contributed by atoms with E-state index >= 15 is 0 Å². The van der Waals surface area contributed by atoms with E-state index in [0.29, 0.717) is 37.9 Å². The molecule has 0 N–H and O–H groups in total. The highest BCUT2D eigenvalue weighted by Crippen LogP contribution is 2.36. The molecule has 7 nitrogen and oxygen atoms in total. The number of benzene rings is 3. The Kier molecular flexibility index (Phi) is 8.01. The number of nitrogens with zero attached hydrogens (tertiary/aromatic N) is 2. The molecule has 0 bridgehead atoms. The first-order valence-electron chi connectivity index (χ1n) is 13.7. The maximum atomic E-state index is 14.1. The summed E-state index contributed by atoms with van der Waals surface area (Å²) in [5, 5.41) is 0. The number of ether oxygens (including phenoxy) is 2. The van der Waals surface area contributed by atoms with Crippen LogP contribution >= 0.6 is 27.3 Å². The number of esters is 1. The summed E-state index contributed by atoms with van der Waals surface area (Å²) in [5.41, 5.74) is 3.94.